The Bertz CT molecular complexity index is 928. The summed E-state index contributed by atoms with van der Waals surface area (Å²) in [7, 11) is 2.23. The summed E-state index contributed by atoms with van der Waals surface area (Å²) in [6.07, 6.45) is 15.3. The molecule has 0 bridgehead atoms. The Morgan fingerprint density at radius 1 is 1.08 bits per heavy atom. The lowest BCUT2D eigenvalue weighted by Gasteiger charge is -2.35. The number of benzene rings is 1. The lowest BCUT2D eigenvalue weighted by atomic mass is 9.99. The summed E-state index contributed by atoms with van der Waals surface area (Å²) < 4.78 is 0. The van der Waals surface area contributed by atoms with Crippen molar-refractivity contribution in [2.75, 3.05) is 33.2 Å². The van der Waals surface area contributed by atoms with Gasteiger partial charge in [0.1, 0.15) is 0 Å². The summed E-state index contributed by atoms with van der Waals surface area (Å²) >= 11 is 1.98. The van der Waals surface area contributed by atoms with Gasteiger partial charge in [-0.2, -0.15) is 0 Å². The average molecular weight is 349 g/mol. The molecule has 2 aliphatic carbocycles. The smallest absolute Gasteiger partial charge is 0.0455 e. The van der Waals surface area contributed by atoms with Crippen LogP contribution in [0.25, 0.3) is 17.8 Å². The van der Waals surface area contributed by atoms with Crippen LogP contribution < -0.4 is 10.4 Å². The maximum Gasteiger partial charge on any atom is 0.0455 e. The molecule has 3 heteroatoms. The molecule has 1 aromatic carbocycles. The Kier molecular flexibility index (Phi) is 3.87. The van der Waals surface area contributed by atoms with E-state index in [0.717, 1.165) is 26.2 Å². The summed E-state index contributed by atoms with van der Waals surface area (Å²) in [5.41, 5.74) is 4.35. The molecule has 0 atom stereocenters. The van der Waals surface area contributed by atoms with E-state index in [1.165, 1.54) is 50.8 Å². The van der Waals surface area contributed by atoms with Crippen molar-refractivity contribution >= 4 is 29.6 Å². The van der Waals surface area contributed by atoms with Crippen molar-refractivity contribution in [2.24, 2.45) is 0 Å². The van der Waals surface area contributed by atoms with Crippen molar-refractivity contribution < 1.29 is 0 Å². The Balaban J connectivity index is 1.72. The third kappa shape index (κ3) is 2.80. The van der Waals surface area contributed by atoms with E-state index < -0.39 is 0 Å². The summed E-state index contributed by atoms with van der Waals surface area (Å²) in [4.78, 5) is 7.95. The fourth-order valence-electron chi connectivity index (χ4n) is 4.14. The molecule has 0 spiro atoms. The van der Waals surface area contributed by atoms with Gasteiger partial charge >= 0.3 is 0 Å². The van der Waals surface area contributed by atoms with Crippen molar-refractivity contribution in [1.82, 2.24) is 9.80 Å². The second kappa shape index (κ2) is 6.22. The number of nitrogens with zero attached hydrogens (tertiary/aromatic N) is 2. The van der Waals surface area contributed by atoms with Crippen molar-refractivity contribution in [1.29, 1.82) is 0 Å². The molecule has 4 aliphatic rings. The summed E-state index contributed by atoms with van der Waals surface area (Å²) in [5, 5.41) is 2.79. The molecule has 0 radical (unpaired) electrons. The van der Waals surface area contributed by atoms with E-state index in [0.29, 0.717) is 0 Å². The highest BCUT2D eigenvalue weighted by Gasteiger charge is 2.22. The third-order valence-corrected chi connectivity index (χ3v) is 6.89. The number of likely N-dealkylation sites (N-methyl/N-ethyl adjacent to an activating group) is 1. The molecule has 2 heterocycles. The number of hydrogen-bond donors (Lipinski definition) is 0. The lowest BCUT2D eigenvalue weighted by molar-refractivity contribution is 0.207. The fraction of sp³-hybridized carbons (Fsp3) is 0.364. The van der Waals surface area contributed by atoms with Crippen LogP contribution in [0.15, 0.2) is 45.7 Å². The van der Waals surface area contributed by atoms with E-state index in [4.69, 9.17) is 0 Å². The Labute approximate surface area is 153 Å². The summed E-state index contributed by atoms with van der Waals surface area (Å²) in [6, 6.07) is 4.82. The molecule has 2 aliphatic heterocycles. The van der Waals surface area contributed by atoms with Crippen molar-refractivity contribution in [3.8, 4) is 0 Å². The molecule has 0 saturated carbocycles. The monoisotopic (exact) mass is 348 g/mol. The van der Waals surface area contributed by atoms with Crippen LogP contribution in [0.1, 0.15) is 24.8 Å². The molecule has 25 heavy (non-hydrogen) atoms. The SMILES string of the molecule is CN1CCN(C2=c3cc4c(cc3SC3=CCCCC3=C2)=CC=C4)CC1. The standard InChI is InChI=1S/C22H24N2S/c1-23-9-11-24(12-10-23)20-14-18-5-2-3-8-21(18)25-22-15-17-7-4-6-16(17)13-19(20)22/h4,6-8,13-15H,2-3,5,9-12H2,1H3. The molecule has 1 aromatic rings. The van der Waals surface area contributed by atoms with Crippen LogP contribution >= 0.6 is 11.8 Å². The first-order chi connectivity index (χ1) is 12.3. The molecular weight excluding hydrogens is 324 g/mol. The summed E-state index contributed by atoms with van der Waals surface area (Å²) in [5.74, 6) is 0. The van der Waals surface area contributed by atoms with Crippen LogP contribution in [0.4, 0.5) is 0 Å². The first-order valence-electron chi connectivity index (χ1n) is 9.37. The number of piperazine rings is 1. The normalized spacial score (nSPS) is 22.4. The number of hydrogen-bond acceptors (Lipinski definition) is 3. The molecular formula is C22H24N2S. The van der Waals surface area contributed by atoms with Gasteiger partial charge in [0, 0.05) is 46.9 Å². The maximum absolute atomic E-state index is 2.61. The van der Waals surface area contributed by atoms with E-state index in [-0.39, 0.29) is 0 Å². The number of fused-ring (bicyclic) bond motifs is 3. The number of rotatable bonds is 1. The first-order valence-corrected chi connectivity index (χ1v) is 10.2. The van der Waals surface area contributed by atoms with E-state index in [1.54, 1.807) is 5.57 Å². The van der Waals surface area contributed by atoms with Gasteiger partial charge in [-0.05, 0) is 60.9 Å². The predicted octanol–water partition coefficient (Wildman–Crippen LogP) is 2.95. The van der Waals surface area contributed by atoms with E-state index in [1.807, 2.05) is 11.8 Å². The van der Waals surface area contributed by atoms with Crippen molar-refractivity contribution in [3.63, 3.8) is 0 Å². The van der Waals surface area contributed by atoms with Gasteiger partial charge in [-0.25, -0.2) is 0 Å². The van der Waals surface area contributed by atoms with E-state index in [9.17, 15) is 0 Å². The topological polar surface area (TPSA) is 6.48 Å². The minimum absolute atomic E-state index is 1.12. The van der Waals surface area contributed by atoms with Crippen molar-refractivity contribution in [2.45, 2.75) is 24.2 Å². The van der Waals surface area contributed by atoms with Crippen LogP contribution in [-0.2, 0) is 0 Å². The number of thioether (sulfide) groups is 1. The zero-order chi connectivity index (χ0) is 16.8. The quantitative estimate of drug-likeness (QED) is 0.770. The molecule has 0 amide bonds. The maximum atomic E-state index is 2.61. The zero-order valence-corrected chi connectivity index (χ0v) is 15.6. The van der Waals surface area contributed by atoms with Gasteiger partial charge in [-0.1, -0.05) is 36.1 Å². The second-order valence-corrected chi connectivity index (χ2v) is 8.49. The first kappa shape index (κ1) is 15.5. The minimum atomic E-state index is 1.12. The van der Waals surface area contributed by atoms with Gasteiger partial charge in [0.05, 0.1) is 0 Å². The molecule has 1 saturated heterocycles. The Morgan fingerprint density at radius 3 is 2.84 bits per heavy atom. The van der Waals surface area contributed by atoms with Crippen LogP contribution in [0.2, 0.25) is 0 Å². The minimum Gasteiger partial charge on any atom is -0.368 e. The number of allylic oxidation sites excluding steroid dienone is 3. The molecule has 1 fully saturated rings. The van der Waals surface area contributed by atoms with Gasteiger partial charge in [-0.3, -0.25) is 0 Å². The molecule has 0 unspecified atom stereocenters. The van der Waals surface area contributed by atoms with Gasteiger partial charge in [0.15, 0.2) is 0 Å². The Hall–Kier alpha value is -1.71. The molecule has 2 nitrogen and oxygen atoms in total. The van der Waals surface area contributed by atoms with Crippen LogP contribution in [0.5, 0.6) is 0 Å². The second-order valence-electron chi connectivity index (χ2n) is 7.41. The van der Waals surface area contributed by atoms with Crippen LogP contribution in [-0.4, -0.2) is 43.0 Å². The van der Waals surface area contributed by atoms with Crippen LogP contribution in [0.3, 0.4) is 0 Å². The average Bonchev–Trinajstić information content (AvgIpc) is 3.02. The fourth-order valence-corrected chi connectivity index (χ4v) is 5.33. The van der Waals surface area contributed by atoms with Crippen LogP contribution in [0, 0.1) is 0 Å². The predicted molar refractivity (Wildman–Crippen MR) is 108 cm³/mol. The zero-order valence-electron chi connectivity index (χ0n) is 14.8. The van der Waals surface area contributed by atoms with E-state index in [2.05, 4.69) is 59.4 Å². The molecule has 5 rings (SSSR count). The van der Waals surface area contributed by atoms with Gasteiger partial charge in [0.2, 0.25) is 0 Å². The lowest BCUT2D eigenvalue weighted by Crippen LogP contribution is -2.44. The van der Waals surface area contributed by atoms with Crippen molar-refractivity contribution in [3.05, 3.63) is 56.8 Å². The highest BCUT2D eigenvalue weighted by molar-refractivity contribution is 8.03. The molecule has 0 aromatic heterocycles. The highest BCUT2D eigenvalue weighted by Crippen LogP contribution is 2.39. The van der Waals surface area contributed by atoms with Gasteiger partial charge < -0.3 is 9.80 Å². The Morgan fingerprint density at radius 2 is 1.96 bits per heavy atom. The molecule has 128 valence electrons. The molecule has 0 N–H and O–H groups in total. The van der Waals surface area contributed by atoms with Gasteiger partial charge in [0.25, 0.3) is 0 Å². The third-order valence-electron chi connectivity index (χ3n) is 5.68. The largest absolute Gasteiger partial charge is 0.368 e. The van der Waals surface area contributed by atoms with Gasteiger partial charge in [-0.15, -0.1) is 0 Å². The van der Waals surface area contributed by atoms with E-state index >= 15 is 0 Å². The summed E-state index contributed by atoms with van der Waals surface area (Å²) in [6.45, 7) is 4.54. The highest BCUT2D eigenvalue weighted by atomic mass is 32.2.